The summed E-state index contributed by atoms with van der Waals surface area (Å²) in [7, 11) is 0. The molecule has 0 saturated heterocycles. The number of hydrogen-bond donors (Lipinski definition) is 0. The first-order valence-electron chi connectivity index (χ1n) is 15.9. The van der Waals surface area contributed by atoms with Gasteiger partial charge in [0.25, 0.3) is 5.82 Å². The van der Waals surface area contributed by atoms with Gasteiger partial charge in [0.05, 0.1) is 19.5 Å². The van der Waals surface area contributed by atoms with Crippen LogP contribution in [0.15, 0.2) is 66.9 Å². The average Bonchev–Trinajstić information content (AvgIpc) is 3.25. The summed E-state index contributed by atoms with van der Waals surface area (Å²) in [6.07, 6.45) is 22.6. The maximum absolute atomic E-state index is 2.65. The summed E-state index contributed by atoms with van der Waals surface area (Å²) in [5.74, 6) is 2.00. The fourth-order valence-electron chi connectivity index (χ4n) is 5.81. The summed E-state index contributed by atoms with van der Waals surface area (Å²) < 4.78 is 5.25. The van der Waals surface area contributed by atoms with Gasteiger partial charge in [-0.25, -0.2) is 9.13 Å². The molecule has 0 N–H and O–H groups in total. The van der Waals surface area contributed by atoms with Crippen molar-refractivity contribution in [3.63, 3.8) is 0 Å². The molecule has 208 valence electrons. The van der Waals surface area contributed by atoms with E-state index in [1.165, 1.54) is 106 Å². The minimum Gasteiger partial charge on any atom is -0.234 e. The molecule has 0 fully saturated rings. The molecule has 0 aliphatic heterocycles. The number of hydrogen-bond acceptors (Lipinski definition) is 0. The van der Waals surface area contributed by atoms with Gasteiger partial charge in [0, 0.05) is 6.42 Å². The minimum atomic E-state index is 0.520. The third kappa shape index (κ3) is 10.4. The zero-order valence-corrected chi connectivity index (χ0v) is 24.8. The molecule has 0 amide bonds. The molecule has 1 unspecified atom stereocenters. The normalized spacial score (nSPS) is 12.2. The van der Waals surface area contributed by atoms with Crippen molar-refractivity contribution in [1.82, 2.24) is 4.57 Å². The first-order valence-corrected chi connectivity index (χ1v) is 15.9. The lowest BCUT2D eigenvalue weighted by atomic mass is 9.96. The molecule has 1 atom stereocenters. The maximum atomic E-state index is 2.65. The molecular weight excluding hydrogens is 460 g/mol. The van der Waals surface area contributed by atoms with Gasteiger partial charge in [-0.3, -0.25) is 0 Å². The Morgan fingerprint density at radius 1 is 0.658 bits per heavy atom. The van der Waals surface area contributed by atoms with Crippen LogP contribution in [0.2, 0.25) is 0 Å². The number of unbranched alkanes of at least 4 members (excludes halogenated alkanes) is 11. The van der Waals surface area contributed by atoms with Gasteiger partial charge in [-0.1, -0.05) is 146 Å². The number of benzene rings is 2. The summed E-state index contributed by atoms with van der Waals surface area (Å²) in [6.45, 7) is 9.24. The third-order valence-electron chi connectivity index (χ3n) is 8.08. The molecule has 0 spiro atoms. The van der Waals surface area contributed by atoms with E-state index in [9.17, 15) is 0 Å². The van der Waals surface area contributed by atoms with Crippen LogP contribution in [0.25, 0.3) is 0 Å². The number of aryl methyl sites for hydroxylation is 1. The quantitative estimate of drug-likeness (QED) is 0.105. The molecule has 0 bridgehead atoms. The molecule has 3 aromatic rings. The molecule has 2 aromatic carbocycles. The zero-order valence-electron chi connectivity index (χ0n) is 24.8. The molecule has 2 heteroatoms. The molecule has 2 nitrogen and oxygen atoms in total. The Morgan fingerprint density at radius 3 is 1.79 bits per heavy atom. The first kappa shape index (κ1) is 30.2. The third-order valence-corrected chi connectivity index (χ3v) is 8.08. The van der Waals surface area contributed by atoms with Gasteiger partial charge in [0.15, 0.2) is 0 Å². The highest BCUT2D eigenvalue weighted by molar-refractivity contribution is 5.22. The van der Waals surface area contributed by atoms with Crippen LogP contribution in [-0.2, 0) is 25.9 Å². The smallest absolute Gasteiger partial charge is 0.234 e. The zero-order chi connectivity index (χ0) is 26.8. The van der Waals surface area contributed by atoms with Crippen molar-refractivity contribution in [2.75, 3.05) is 0 Å². The van der Waals surface area contributed by atoms with E-state index in [0.717, 1.165) is 25.9 Å². The van der Waals surface area contributed by atoms with Crippen molar-refractivity contribution in [1.29, 1.82) is 0 Å². The predicted octanol–water partition coefficient (Wildman–Crippen LogP) is 9.82. The number of imidazole rings is 1. The molecule has 1 heterocycles. The monoisotopic (exact) mass is 515 g/mol. The van der Waals surface area contributed by atoms with E-state index >= 15 is 0 Å². The van der Waals surface area contributed by atoms with Crippen molar-refractivity contribution in [2.45, 2.75) is 136 Å². The highest BCUT2D eigenvalue weighted by Crippen LogP contribution is 2.22. The second kappa shape index (κ2) is 18.0. The highest BCUT2D eigenvalue weighted by atomic mass is 15.2. The average molecular weight is 516 g/mol. The van der Waals surface area contributed by atoms with E-state index < -0.39 is 0 Å². The number of rotatable bonds is 20. The Bertz CT molecular complexity index is 989. The molecule has 0 aliphatic carbocycles. The van der Waals surface area contributed by atoms with Gasteiger partial charge in [-0.05, 0) is 36.3 Å². The SMILES string of the molecule is CCCCCCCCCCCCCC[n+]1cc(CC(C)c2ccccc2)n(CCC)c1Cc1ccccc1. The van der Waals surface area contributed by atoms with Gasteiger partial charge >= 0.3 is 0 Å². The van der Waals surface area contributed by atoms with Gasteiger partial charge in [-0.2, -0.15) is 0 Å². The van der Waals surface area contributed by atoms with Crippen LogP contribution in [0.3, 0.4) is 0 Å². The van der Waals surface area contributed by atoms with Crippen LogP contribution in [-0.4, -0.2) is 4.57 Å². The van der Waals surface area contributed by atoms with Crippen LogP contribution in [0.5, 0.6) is 0 Å². The molecule has 38 heavy (non-hydrogen) atoms. The molecule has 0 radical (unpaired) electrons. The predicted molar refractivity (Wildman–Crippen MR) is 164 cm³/mol. The molecule has 0 aliphatic rings. The van der Waals surface area contributed by atoms with Crippen LogP contribution in [0.4, 0.5) is 0 Å². The first-order chi connectivity index (χ1) is 18.7. The Kier molecular flexibility index (Phi) is 14.3. The van der Waals surface area contributed by atoms with E-state index in [0.29, 0.717) is 5.92 Å². The minimum absolute atomic E-state index is 0.520. The largest absolute Gasteiger partial charge is 0.261 e. The van der Waals surface area contributed by atoms with E-state index in [4.69, 9.17) is 0 Å². The van der Waals surface area contributed by atoms with Crippen molar-refractivity contribution >= 4 is 0 Å². The van der Waals surface area contributed by atoms with Gasteiger partial charge < -0.3 is 0 Å². The topological polar surface area (TPSA) is 8.81 Å². The summed E-state index contributed by atoms with van der Waals surface area (Å²) in [4.78, 5) is 0. The van der Waals surface area contributed by atoms with Crippen LogP contribution < -0.4 is 4.57 Å². The molecule has 3 rings (SSSR count). The molecule has 1 aromatic heterocycles. The van der Waals surface area contributed by atoms with E-state index in [1.807, 2.05) is 0 Å². The Hall–Kier alpha value is -2.35. The lowest BCUT2D eigenvalue weighted by Crippen LogP contribution is -2.37. The molecule has 0 saturated carbocycles. The number of aromatic nitrogens is 2. The van der Waals surface area contributed by atoms with E-state index in [1.54, 1.807) is 0 Å². The second-order valence-electron chi connectivity index (χ2n) is 11.4. The van der Waals surface area contributed by atoms with Crippen LogP contribution in [0.1, 0.15) is 133 Å². The van der Waals surface area contributed by atoms with Crippen molar-refractivity contribution < 1.29 is 4.57 Å². The molecular formula is C36H55N2+. The van der Waals surface area contributed by atoms with Gasteiger partial charge in [-0.15, -0.1) is 0 Å². The van der Waals surface area contributed by atoms with Gasteiger partial charge in [0.2, 0.25) is 0 Å². The summed E-state index contributed by atoms with van der Waals surface area (Å²) in [5.41, 5.74) is 4.34. The Morgan fingerprint density at radius 2 is 1.21 bits per heavy atom. The van der Waals surface area contributed by atoms with Gasteiger partial charge in [0.1, 0.15) is 11.9 Å². The van der Waals surface area contributed by atoms with Crippen LogP contribution in [0, 0.1) is 0 Å². The summed E-state index contributed by atoms with van der Waals surface area (Å²) >= 11 is 0. The van der Waals surface area contributed by atoms with Crippen LogP contribution >= 0.6 is 0 Å². The van der Waals surface area contributed by atoms with Crippen molar-refractivity contribution in [2.24, 2.45) is 0 Å². The van der Waals surface area contributed by atoms with E-state index in [2.05, 4.69) is 96.8 Å². The highest BCUT2D eigenvalue weighted by Gasteiger charge is 2.24. The second-order valence-corrected chi connectivity index (χ2v) is 11.4. The summed E-state index contributed by atoms with van der Waals surface area (Å²) in [6, 6.07) is 22.1. The number of nitrogens with zero attached hydrogens (tertiary/aromatic N) is 2. The summed E-state index contributed by atoms with van der Waals surface area (Å²) in [5, 5.41) is 0. The lowest BCUT2D eigenvalue weighted by molar-refractivity contribution is -0.704. The van der Waals surface area contributed by atoms with Crippen molar-refractivity contribution in [3.8, 4) is 0 Å². The lowest BCUT2D eigenvalue weighted by Gasteiger charge is -2.11. The Labute approximate surface area is 234 Å². The fourth-order valence-corrected chi connectivity index (χ4v) is 5.81. The van der Waals surface area contributed by atoms with E-state index in [-0.39, 0.29) is 0 Å². The van der Waals surface area contributed by atoms with Crippen molar-refractivity contribution in [3.05, 3.63) is 89.5 Å². The maximum Gasteiger partial charge on any atom is 0.261 e. The fraction of sp³-hybridized carbons (Fsp3) is 0.583. The Balaban J connectivity index is 1.57. The standard InChI is InChI=1S/C36H55N2/c1-4-6-7-8-9-10-11-12-13-14-15-22-28-37-31-35(29-32(3)34-25-20-17-21-26-34)38(27-5-2)36(37)30-33-23-18-16-19-24-33/h16-21,23-26,31-32H,4-15,22,27-30H2,1-3H3/q+1.